The summed E-state index contributed by atoms with van der Waals surface area (Å²) in [5.41, 5.74) is 0.623. The fourth-order valence-corrected chi connectivity index (χ4v) is 2.78. The number of anilines is 1. The lowest BCUT2D eigenvalue weighted by atomic mass is 10.1. The van der Waals surface area contributed by atoms with Crippen molar-refractivity contribution in [2.24, 2.45) is 0 Å². The lowest BCUT2D eigenvalue weighted by Crippen LogP contribution is -2.50. The predicted octanol–water partition coefficient (Wildman–Crippen LogP) is 2.67. The number of hydrogen-bond acceptors (Lipinski definition) is 5. The topological polar surface area (TPSA) is 73.4 Å². The van der Waals surface area contributed by atoms with Crippen LogP contribution in [0.5, 0.6) is 0 Å². The van der Waals surface area contributed by atoms with Gasteiger partial charge in [-0.3, -0.25) is 15.0 Å². The van der Waals surface area contributed by atoms with E-state index in [1.54, 1.807) is 6.07 Å². The molecule has 1 aromatic rings. The normalized spacial score (nSPS) is 17.3. The van der Waals surface area contributed by atoms with Gasteiger partial charge in [0, 0.05) is 37.3 Å². The number of nitro benzene ring substituents is 1. The zero-order valence-corrected chi connectivity index (χ0v) is 12.6. The van der Waals surface area contributed by atoms with E-state index in [1.165, 1.54) is 12.1 Å². The van der Waals surface area contributed by atoms with Crippen LogP contribution in [0.3, 0.4) is 0 Å². The number of piperazine rings is 1. The van der Waals surface area contributed by atoms with Crippen LogP contribution in [0.2, 0.25) is 5.02 Å². The van der Waals surface area contributed by atoms with Gasteiger partial charge >= 0.3 is 0 Å². The summed E-state index contributed by atoms with van der Waals surface area (Å²) in [5.74, 6) is 0. The maximum absolute atomic E-state index is 11.1. The van der Waals surface area contributed by atoms with E-state index in [0.29, 0.717) is 23.8 Å². The third kappa shape index (κ3) is 3.43. The van der Waals surface area contributed by atoms with Crippen molar-refractivity contribution in [3.05, 3.63) is 33.3 Å². The molecule has 112 valence electrons. The fourth-order valence-electron chi connectivity index (χ4n) is 2.61. The summed E-state index contributed by atoms with van der Waals surface area (Å²) in [4.78, 5) is 14.8. The highest BCUT2D eigenvalue weighted by atomic mass is 35.5. The molecule has 0 radical (unpaired) electrons. The van der Waals surface area contributed by atoms with E-state index in [1.807, 2.05) is 11.8 Å². The Morgan fingerprint density at radius 2 is 2.10 bits per heavy atom. The van der Waals surface area contributed by atoms with Gasteiger partial charge in [0.25, 0.3) is 5.69 Å². The Morgan fingerprint density at radius 1 is 1.43 bits per heavy atom. The monoisotopic (exact) mass is 308 g/mol. The van der Waals surface area contributed by atoms with E-state index in [-0.39, 0.29) is 16.7 Å². The summed E-state index contributed by atoms with van der Waals surface area (Å²) in [5, 5.41) is 20.7. The Hall–Kier alpha value is -1.84. The minimum Gasteiger partial charge on any atom is -0.363 e. The van der Waals surface area contributed by atoms with Gasteiger partial charge in [-0.25, -0.2) is 0 Å². The van der Waals surface area contributed by atoms with Crippen LogP contribution >= 0.6 is 11.6 Å². The van der Waals surface area contributed by atoms with E-state index < -0.39 is 0 Å². The quantitative estimate of drug-likeness (QED) is 0.631. The van der Waals surface area contributed by atoms with Gasteiger partial charge in [-0.1, -0.05) is 18.5 Å². The molecule has 0 amide bonds. The smallest absolute Gasteiger partial charge is 0.292 e. The van der Waals surface area contributed by atoms with Gasteiger partial charge in [0.05, 0.1) is 17.0 Å². The van der Waals surface area contributed by atoms with E-state index in [4.69, 9.17) is 16.9 Å². The van der Waals surface area contributed by atoms with Gasteiger partial charge in [-0.15, -0.1) is 0 Å². The molecule has 1 aliphatic rings. The van der Waals surface area contributed by atoms with E-state index in [9.17, 15) is 10.1 Å². The molecule has 0 bridgehead atoms. The summed E-state index contributed by atoms with van der Waals surface area (Å²) < 4.78 is 0. The molecule has 21 heavy (non-hydrogen) atoms. The molecule has 0 N–H and O–H groups in total. The molecule has 1 fully saturated rings. The Bertz CT molecular complexity index is 565. The van der Waals surface area contributed by atoms with Crippen molar-refractivity contribution in [1.29, 1.82) is 5.26 Å². The van der Waals surface area contributed by atoms with Gasteiger partial charge in [0.1, 0.15) is 5.69 Å². The van der Waals surface area contributed by atoms with Crippen LogP contribution in [-0.4, -0.2) is 42.0 Å². The summed E-state index contributed by atoms with van der Waals surface area (Å²) in [7, 11) is 0. The van der Waals surface area contributed by atoms with E-state index in [2.05, 4.69) is 11.0 Å². The van der Waals surface area contributed by atoms with Gasteiger partial charge in [-0.05, 0) is 18.6 Å². The molecule has 7 heteroatoms. The summed E-state index contributed by atoms with van der Waals surface area (Å²) >= 11 is 5.96. The molecule has 0 spiro atoms. The lowest BCUT2D eigenvalue weighted by Gasteiger charge is -2.37. The molecule has 1 unspecified atom stereocenters. The highest BCUT2D eigenvalue weighted by molar-refractivity contribution is 6.31. The van der Waals surface area contributed by atoms with Gasteiger partial charge < -0.3 is 4.90 Å². The molecular weight excluding hydrogens is 292 g/mol. The van der Waals surface area contributed by atoms with Gasteiger partial charge in [-0.2, -0.15) is 5.26 Å². The van der Waals surface area contributed by atoms with Crippen LogP contribution < -0.4 is 4.90 Å². The molecule has 0 aliphatic carbocycles. The number of halogens is 1. The summed E-state index contributed by atoms with van der Waals surface area (Å²) in [6.45, 7) is 4.73. The highest BCUT2D eigenvalue weighted by Gasteiger charge is 2.26. The standard InChI is InChI=1S/C14H17ClN4O2/c1-2-12(10-16)17-5-7-18(8-6-17)14-9-11(15)3-4-13(14)19(20)21/h3-4,9,12H,2,5-8H2,1H3. The lowest BCUT2D eigenvalue weighted by molar-refractivity contribution is -0.384. The van der Waals surface area contributed by atoms with Crippen LogP contribution in [0, 0.1) is 21.4 Å². The molecular formula is C14H17ClN4O2. The molecule has 1 saturated heterocycles. The van der Waals surface area contributed by atoms with Crippen LogP contribution in [-0.2, 0) is 0 Å². The van der Waals surface area contributed by atoms with Crippen LogP contribution in [0.15, 0.2) is 18.2 Å². The van der Waals surface area contributed by atoms with Crippen molar-refractivity contribution in [2.45, 2.75) is 19.4 Å². The van der Waals surface area contributed by atoms with Crippen molar-refractivity contribution in [3.8, 4) is 6.07 Å². The predicted molar refractivity (Wildman–Crippen MR) is 81.6 cm³/mol. The first-order chi connectivity index (χ1) is 10.1. The fraction of sp³-hybridized carbons (Fsp3) is 0.500. The average Bonchev–Trinajstić information content (AvgIpc) is 2.49. The van der Waals surface area contributed by atoms with Crippen molar-refractivity contribution in [2.75, 3.05) is 31.1 Å². The van der Waals surface area contributed by atoms with Gasteiger partial charge in [0.2, 0.25) is 0 Å². The molecule has 0 saturated carbocycles. The second kappa shape index (κ2) is 6.74. The molecule has 1 aliphatic heterocycles. The maximum atomic E-state index is 11.1. The molecule has 2 rings (SSSR count). The van der Waals surface area contributed by atoms with E-state index >= 15 is 0 Å². The summed E-state index contributed by atoms with van der Waals surface area (Å²) in [6, 6.07) is 6.82. The SMILES string of the molecule is CCC(C#N)N1CCN(c2cc(Cl)ccc2[N+](=O)[O-])CC1. The zero-order valence-electron chi connectivity index (χ0n) is 11.8. The molecule has 1 heterocycles. The van der Waals surface area contributed by atoms with Crippen LogP contribution in [0.4, 0.5) is 11.4 Å². The minimum atomic E-state index is -0.387. The number of nitriles is 1. The largest absolute Gasteiger partial charge is 0.363 e. The summed E-state index contributed by atoms with van der Waals surface area (Å²) in [6.07, 6.45) is 0.786. The Morgan fingerprint density at radius 3 is 2.62 bits per heavy atom. The number of nitro groups is 1. The van der Waals surface area contributed by atoms with Crippen LogP contribution in [0.25, 0.3) is 0 Å². The molecule has 1 aromatic carbocycles. The van der Waals surface area contributed by atoms with Crippen molar-refractivity contribution < 1.29 is 4.92 Å². The third-order valence-corrected chi connectivity index (χ3v) is 4.00. The number of nitrogens with zero attached hydrogens (tertiary/aromatic N) is 4. The molecule has 1 atom stereocenters. The van der Waals surface area contributed by atoms with E-state index in [0.717, 1.165) is 19.5 Å². The number of hydrogen-bond donors (Lipinski definition) is 0. The first kappa shape index (κ1) is 15.5. The second-order valence-corrected chi connectivity index (χ2v) is 5.40. The maximum Gasteiger partial charge on any atom is 0.292 e. The number of rotatable bonds is 4. The molecule has 6 nitrogen and oxygen atoms in total. The van der Waals surface area contributed by atoms with Gasteiger partial charge in [0.15, 0.2) is 0 Å². The molecule has 0 aromatic heterocycles. The second-order valence-electron chi connectivity index (χ2n) is 4.97. The van der Waals surface area contributed by atoms with Crippen molar-refractivity contribution in [3.63, 3.8) is 0 Å². The van der Waals surface area contributed by atoms with Crippen LogP contribution in [0.1, 0.15) is 13.3 Å². The van der Waals surface area contributed by atoms with Crippen molar-refractivity contribution >= 4 is 23.0 Å². The average molecular weight is 309 g/mol. The highest BCUT2D eigenvalue weighted by Crippen LogP contribution is 2.31. The Labute approximate surface area is 128 Å². The first-order valence-corrected chi connectivity index (χ1v) is 7.27. The Balaban J connectivity index is 2.14. The first-order valence-electron chi connectivity index (χ1n) is 6.89. The third-order valence-electron chi connectivity index (χ3n) is 3.77. The minimum absolute atomic E-state index is 0.0696. The Kier molecular flexibility index (Phi) is 4.99. The zero-order chi connectivity index (χ0) is 15.4. The van der Waals surface area contributed by atoms with Crippen molar-refractivity contribution in [1.82, 2.24) is 4.90 Å². The number of benzene rings is 1.